The number of nitrogens with one attached hydrogen (secondary N) is 1. The van der Waals surface area contributed by atoms with E-state index >= 15 is 0 Å². The van der Waals surface area contributed by atoms with Gasteiger partial charge in [0.15, 0.2) is 0 Å². The molecule has 0 aliphatic carbocycles. The van der Waals surface area contributed by atoms with E-state index in [4.69, 9.17) is 4.74 Å². The number of benzene rings is 1. The molecule has 1 saturated heterocycles. The maximum absolute atomic E-state index is 13.8. The van der Waals surface area contributed by atoms with Crippen molar-refractivity contribution in [3.05, 3.63) is 35.6 Å². The molecule has 1 N–H and O–H groups in total. The summed E-state index contributed by atoms with van der Waals surface area (Å²) < 4.78 is 19.3. The van der Waals surface area contributed by atoms with E-state index < -0.39 is 0 Å². The molecule has 3 heteroatoms. The Hall–Kier alpha value is -0.930. The number of ether oxygens (including phenoxy) is 1. The Morgan fingerprint density at radius 2 is 2.29 bits per heavy atom. The van der Waals surface area contributed by atoms with Crippen LogP contribution in [-0.4, -0.2) is 19.8 Å². The molecule has 1 aromatic rings. The summed E-state index contributed by atoms with van der Waals surface area (Å²) in [6.07, 6.45) is 2.17. The van der Waals surface area contributed by atoms with Crippen molar-refractivity contribution < 1.29 is 9.13 Å². The Bertz CT molecular complexity index is 350. The fraction of sp³-hybridized carbons (Fsp3) is 0.571. The minimum Gasteiger partial charge on any atom is -0.381 e. The zero-order valence-corrected chi connectivity index (χ0v) is 10.3. The van der Waals surface area contributed by atoms with Gasteiger partial charge in [-0.3, -0.25) is 0 Å². The molecule has 2 unspecified atom stereocenters. The van der Waals surface area contributed by atoms with Crippen molar-refractivity contribution in [1.82, 2.24) is 5.32 Å². The van der Waals surface area contributed by atoms with E-state index in [1.165, 1.54) is 6.07 Å². The summed E-state index contributed by atoms with van der Waals surface area (Å²) in [4.78, 5) is 0. The highest BCUT2D eigenvalue weighted by atomic mass is 19.1. The second kappa shape index (κ2) is 6.12. The molecule has 94 valence electrons. The van der Waals surface area contributed by atoms with Crippen molar-refractivity contribution in [3.63, 3.8) is 0 Å². The fourth-order valence-electron chi connectivity index (χ4n) is 2.51. The Kier molecular flexibility index (Phi) is 4.51. The molecule has 17 heavy (non-hydrogen) atoms. The van der Waals surface area contributed by atoms with Gasteiger partial charge in [0.2, 0.25) is 0 Å². The largest absolute Gasteiger partial charge is 0.381 e. The topological polar surface area (TPSA) is 21.3 Å². The number of rotatable bonds is 4. The van der Waals surface area contributed by atoms with Crippen molar-refractivity contribution in [2.45, 2.75) is 25.8 Å². The first-order valence-corrected chi connectivity index (χ1v) is 6.38. The zero-order valence-electron chi connectivity index (χ0n) is 10.3. The molecule has 0 radical (unpaired) electrons. The van der Waals surface area contributed by atoms with Gasteiger partial charge in [0, 0.05) is 24.1 Å². The molecular formula is C14H20FNO. The molecule has 1 aliphatic heterocycles. The van der Waals surface area contributed by atoms with Gasteiger partial charge in [-0.15, -0.1) is 0 Å². The summed E-state index contributed by atoms with van der Waals surface area (Å²) >= 11 is 0. The van der Waals surface area contributed by atoms with Crippen LogP contribution in [0.1, 0.15) is 31.4 Å². The van der Waals surface area contributed by atoms with Gasteiger partial charge in [0.05, 0.1) is 6.61 Å². The first-order chi connectivity index (χ1) is 8.33. The molecule has 2 nitrogen and oxygen atoms in total. The minimum absolute atomic E-state index is 0.0708. The average molecular weight is 237 g/mol. The quantitative estimate of drug-likeness (QED) is 0.869. The zero-order chi connectivity index (χ0) is 12.1. The smallest absolute Gasteiger partial charge is 0.127 e. The Balaban J connectivity index is 2.18. The van der Waals surface area contributed by atoms with Crippen LogP contribution >= 0.6 is 0 Å². The Morgan fingerprint density at radius 1 is 1.47 bits per heavy atom. The molecule has 2 rings (SSSR count). The summed E-state index contributed by atoms with van der Waals surface area (Å²) in [7, 11) is 0. The molecule has 0 saturated carbocycles. The molecule has 0 aromatic heterocycles. The van der Waals surface area contributed by atoms with Crippen LogP contribution in [0.2, 0.25) is 0 Å². The third kappa shape index (κ3) is 3.05. The van der Waals surface area contributed by atoms with E-state index in [0.29, 0.717) is 5.92 Å². The van der Waals surface area contributed by atoms with Crippen LogP contribution in [0.5, 0.6) is 0 Å². The van der Waals surface area contributed by atoms with Gasteiger partial charge in [0.25, 0.3) is 0 Å². The van der Waals surface area contributed by atoms with Crippen molar-refractivity contribution in [3.8, 4) is 0 Å². The highest BCUT2D eigenvalue weighted by Gasteiger charge is 2.26. The summed E-state index contributed by atoms with van der Waals surface area (Å²) in [5.74, 6) is 0.254. The Labute approximate surface area is 102 Å². The van der Waals surface area contributed by atoms with Crippen LogP contribution in [0.25, 0.3) is 0 Å². The van der Waals surface area contributed by atoms with Gasteiger partial charge in [-0.2, -0.15) is 0 Å². The van der Waals surface area contributed by atoms with Gasteiger partial charge in [-0.1, -0.05) is 25.1 Å². The molecule has 1 aliphatic rings. The lowest BCUT2D eigenvalue weighted by Gasteiger charge is -2.31. The maximum Gasteiger partial charge on any atom is 0.127 e. The summed E-state index contributed by atoms with van der Waals surface area (Å²) in [6, 6.07) is 7.10. The number of hydrogen-bond acceptors (Lipinski definition) is 2. The molecule has 0 bridgehead atoms. The normalized spacial score (nSPS) is 22.4. The highest BCUT2D eigenvalue weighted by Crippen LogP contribution is 2.30. The van der Waals surface area contributed by atoms with Gasteiger partial charge in [-0.05, 0) is 25.5 Å². The van der Waals surface area contributed by atoms with Crippen molar-refractivity contribution >= 4 is 0 Å². The molecule has 1 aromatic carbocycles. The third-order valence-corrected chi connectivity index (χ3v) is 3.33. The van der Waals surface area contributed by atoms with Crippen LogP contribution in [0.4, 0.5) is 4.39 Å². The minimum atomic E-state index is -0.121. The molecule has 0 amide bonds. The van der Waals surface area contributed by atoms with Gasteiger partial charge < -0.3 is 10.1 Å². The van der Waals surface area contributed by atoms with Crippen LogP contribution in [0, 0.1) is 11.7 Å². The second-order valence-electron chi connectivity index (χ2n) is 4.53. The van der Waals surface area contributed by atoms with Crippen LogP contribution in [0.15, 0.2) is 24.3 Å². The van der Waals surface area contributed by atoms with Crippen LogP contribution < -0.4 is 5.32 Å². The molecule has 0 spiro atoms. The average Bonchev–Trinajstić information content (AvgIpc) is 2.38. The van der Waals surface area contributed by atoms with Gasteiger partial charge in [0.1, 0.15) is 5.82 Å². The summed E-state index contributed by atoms with van der Waals surface area (Å²) in [5.41, 5.74) is 0.768. The monoisotopic (exact) mass is 237 g/mol. The SMILES string of the molecule is CCNC(c1ccccc1F)C1CCCOC1. The lowest BCUT2D eigenvalue weighted by atomic mass is 9.88. The standard InChI is InChI=1S/C14H20FNO/c1-2-16-14(11-6-5-9-17-10-11)12-7-3-4-8-13(12)15/h3-4,7-8,11,14,16H,2,5-6,9-10H2,1H3. The van der Waals surface area contributed by atoms with E-state index in [9.17, 15) is 4.39 Å². The molecule has 1 heterocycles. The molecule has 1 fully saturated rings. The van der Waals surface area contributed by atoms with Crippen LogP contribution in [0.3, 0.4) is 0 Å². The van der Waals surface area contributed by atoms with E-state index in [2.05, 4.69) is 12.2 Å². The van der Waals surface area contributed by atoms with Crippen molar-refractivity contribution in [2.24, 2.45) is 5.92 Å². The second-order valence-corrected chi connectivity index (χ2v) is 4.53. The van der Waals surface area contributed by atoms with E-state index in [-0.39, 0.29) is 11.9 Å². The lowest BCUT2D eigenvalue weighted by Crippen LogP contribution is -2.33. The number of hydrogen-bond donors (Lipinski definition) is 1. The molecule has 2 atom stereocenters. The number of halogens is 1. The third-order valence-electron chi connectivity index (χ3n) is 3.33. The van der Waals surface area contributed by atoms with Crippen LogP contribution in [-0.2, 0) is 4.74 Å². The summed E-state index contributed by atoms with van der Waals surface area (Å²) in [5, 5.41) is 3.39. The Morgan fingerprint density at radius 3 is 2.94 bits per heavy atom. The first kappa shape index (κ1) is 12.5. The van der Waals surface area contributed by atoms with Gasteiger partial charge >= 0.3 is 0 Å². The fourth-order valence-corrected chi connectivity index (χ4v) is 2.51. The predicted molar refractivity (Wildman–Crippen MR) is 66.4 cm³/mol. The summed E-state index contributed by atoms with van der Waals surface area (Å²) in [6.45, 7) is 4.46. The van der Waals surface area contributed by atoms with Crippen molar-refractivity contribution in [2.75, 3.05) is 19.8 Å². The lowest BCUT2D eigenvalue weighted by molar-refractivity contribution is 0.0387. The van der Waals surface area contributed by atoms with Crippen molar-refractivity contribution in [1.29, 1.82) is 0 Å². The predicted octanol–water partition coefficient (Wildman–Crippen LogP) is 2.90. The highest BCUT2D eigenvalue weighted by molar-refractivity contribution is 5.22. The molecular weight excluding hydrogens is 217 g/mol. The van der Waals surface area contributed by atoms with E-state index in [0.717, 1.165) is 38.2 Å². The first-order valence-electron chi connectivity index (χ1n) is 6.38. The van der Waals surface area contributed by atoms with Gasteiger partial charge in [-0.25, -0.2) is 4.39 Å². The maximum atomic E-state index is 13.8. The van der Waals surface area contributed by atoms with E-state index in [1.807, 2.05) is 12.1 Å². The van der Waals surface area contributed by atoms with E-state index in [1.54, 1.807) is 6.07 Å².